The van der Waals surface area contributed by atoms with Crippen LogP contribution in [0.3, 0.4) is 0 Å². The van der Waals surface area contributed by atoms with Crippen molar-refractivity contribution >= 4 is 0 Å². The molecular weight excluding hydrogens is 238 g/mol. The van der Waals surface area contributed by atoms with Gasteiger partial charge in [0.05, 0.1) is 11.1 Å². The summed E-state index contributed by atoms with van der Waals surface area (Å²) in [5, 5.41) is 21.8. The van der Waals surface area contributed by atoms with Crippen molar-refractivity contribution in [2.24, 2.45) is 0 Å². The summed E-state index contributed by atoms with van der Waals surface area (Å²) in [5.74, 6) is -5.41. The highest BCUT2D eigenvalue weighted by Crippen LogP contribution is 2.40. The number of phenolic OH excluding ortho intramolecular Hbond substituents is 1. The maximum absolute atomic E-state index is 11.9. The Kier molecular flexibility index (Phi) is 1.24. The van der Waals surface area contributed by atoms with Gasteiger partial charge in [0, 0.05) is 30.2 Å². The highest BCUT2D eigenvalue weighted by atomic mass is 16.3. The van der Waals surface area contributed by atoms with Crippen molar-refractivity contribution in [1.29, 1.82) is 0 Å². The quantitative estimate of drug-likeness (QED) is 0.891. The molecule has 0 aliphatic heterocycles. The van der Waals surface area contributed by atoms with E-state index in [0.29, 0.717) is 4.90 Å². The average molecular weight is 280 g/mol. The molecule has 2 N–H and O–H groups in total. The second kappa shape index (κ2) is 5.93. The summed E-state index contributed by atoms with van der Waals surface area (Å²) in [6, 6.07) is -5.38. The summed E-state index contributed by atoms with van der Waals surface area (Å²) in [6.07, 6.45) is -21.1. The monoisotopic (exact) mass is 280 g/mol. The molecule has 2 rings (SSSR count). The number of hydrogen-bond donors (Lipinski definition) is 2. The lowest BCUT2D eigenvalue weighted by molar-refractivity contribution is -0.0277. The van der Waals surface area contributed by atoms with Crippen LogP contribution in [-0.2, 0) is 0 Å². The lowest BCUT2D eigenvalue weighted by atomic mass is 9.72. The van der Waals surface area contributed by atoms with Crippen LogP contribution in [0.2, 0.25) is 0 Å². The lowest BCUT2D eigenvalue weighted by Crippen LogP contribution is -2.42. The molecule has 1 atom stereocenters. The van der Waals surface area contributed by atoms with Crippen molar-refractivity contribution < 1.29 is 33.5 Å². The Balaban J connectivity index is 3.39. The Hall–Kier alpha value is -1.06. The van der Waals surface area contributed by atoms with Crippen LogP contribution in [0.5, 0.6) is 5.75 Å². The number of rotatable bonds is 4. The van der Waals surface area contributed by atoms with Gasteiger partial charge in [0.15, 0.2) is 0 Å². The fraction of sp³-hybridized carbons (Fsp3) is 0.625. The SMILES string of the molecule is [2H]c1c([2H])c(C([2H])(C([2H])([2H])N(C)C)C2(O)C([2H])([2H])C([2H])([2H])C([2H])([2H])C([2H])([2H])C2([2H])[2H])c([2H])c([2H])c1O. The van der Waals surface area contributed by atoms with Crippen LogP contribution in [0, 0.1) is 0 Å². The van der Waals surface area contributed by atoms with E-state index in [2.05, 4.69) is 0 Å². The van der Waals surface area contributed by atoms with Crippen LogP contribution < -0.4 is 0 Å². The van der Waals surface area contributed by atoms with E-state index in [-0.39, 0.29) is 0 Å². The second-order valence-electron chi connectivity index (χ2n) is 3.94. The van der Waals surface area contributed by atoms with Gasteiger partial charge >= 0.3 is 0 Å². The van der Waals surface area contributed by atoms with Crippen LogP contribution >= 0.6 is 0 Å². The summed E-state index contributed by atoms with van der Waals surface area (Å²) in [7, 11) is 1.83. The summed E-state index contributed by atoms with van der Waals surface area (Å²) in [5.41, 5.74) is -6.10. The van der Waals surface area contributed by atoms with Gasteiger partial charge in [-0.05, 0) is 44.5 Å². The predicted octanol–water partition coefficient (Wildman–Crippen LogP) is 2.73. The molecule has 0 heterocycles. The fourth-order valence-electron chi connectivity index (χ4n) is 1.40. The van der Waals surface area contributed by atoms with Crippen LogP contribution in [-0.4, -0.2) is 41.3 Å². The molecule has 0 saturated heterocycles. The zero-order valence-corrected chi connectivity index (χ0v) is 10.3. The zero-order chi connectivity index (χ0) is 29.0. The van der Waals surface area contributed by atoms with Gasteiger partial charge < -0.3 is 15.1 Å². The molecule has 0 spiro atoms. The number of aromatic hydroxyl groups is 1. The van der Waals surface area contributed by atoms with Crippen molar-refractivity contribution in [3.8, 4) is 5.75 Å². The minimum absolute atomic E-state index is 0.470. The molecule has 0 aromatic heterocycles. The summed E-state index contributed by atoms with van der Waals surface area (Å²) < 4.78 is 140. The molecule has 0 amide bonds. The maximum atomic E-state index is 11.9. The van der Waals surface area contributed by atoms with Gasteiger partial charge in [0.1, 0.15) is 5.75 Å². The zero-order valence-electron chi connectivity index (χ0n) is 27.3. The van der Waals surface area contributed by atoms with Crippen LogP contribution in [0.1, 0.15) is 66.6 Å². The molecule has 1 aliphatic rings. The first-order valence-corrected chi connectivity index (χ1v) is 5.32. The van der Waals surface area contributed by atoms with Crippen molar-refractivity contribution in [2.45, 2.75) is 43.4 Å². The van der Waals surface area contributed by atoms with Crippen LogP contribution in [0.15, 0.2) is 24.2 Å². The minimum atomic E-state index is -4.58. The van der Waals surface area contributed by atoms with Gasteiger partial charge in [-0.25, -0.2) is 0 Å². The van der Waals surface area contributed by atoms with E-state index in [1.54, 1.807) is 0 Å². The third-order valence-electron chi connectivity index (χ3n) is 2.17. The van der Waals surface area contributed by atoms with E-state index in [1.807, 2.05) is 0 Å². The molecule has 1 saturated carbocycles. The van der Waals surface area contributed by atoms with Gasteiger partial charge in [-0.1, -0.05) is 31.2 Å². The van der Waals surface area contributed by atoms with Crippen molar-refractivity contribution in [3.63, 3.8) is 0 Å². The Morgan fingerprint density at radius 2 is 1.95 bits per heavy atom. The number of benzene rings is 1. The standard InChI is InChI=1S/C16H25NO2/c1-17(2)12-15(13-6-8-14(18)9-7-13)16(19)10-4-3-5-11-16/h6-9,15,18-19H,3-5,10-12H2,1-2H3/i3D2,4D2,5D2,6D,7D,8D,9D,10D2,11D2,12D2,15D. The maximum Gasteiger partial charge on any atom is 0.115 e. The summed E-state index contributed by atoms with van der Waals surface area (Å²) in [4.78, 5) is 0.470. The molecule has 106 valence electrons. The van der Waals surface area contributed by atoms with E-state index in [9.17, 15) is 10.2 Å². The first-order chi connectivity index (χ1) is 15.6. The molecule has 1 fully saturated rings. The Bertz CT molecular complexity index is 1030. The molecule has 3 heteroatoms. The fourth-order valence-corrected chi connectivity index (χ4v) is 1.40. The molecule has 1 aliphatic carbocycles. The van der Waals surface area contributed by atoms with Crippen LogP contribution in [0.4, 0.5) is 0 Å². The third-order valence-corrected chi connectivity index (χ3v) is 2.17. The lowest BCUT2D eigenvalue weighted by Gasteiger charge is -2.40. The first kappa shape index (κ1) is 3.99. The minimum Gasteiger partial charge on any atom is -0.508 e. The van der Waals surface area contributed by atoms with Crippen molar-refractivity contribution in [1.82, 2.24) is 4.90 Å². The van der Waals surface area contributed by atoms with Gasteiger partial charge in [0.25, 0.3) is 0 Å². The number of hydrogen-bond acceptors (Lipinski definition) is 3. The number of phenols is 1. The molecule has 1 aromatic rings. The summed E-state index contributed by atoms with van der Waals surface area (Å²) >= 11 is 0. The Morgan fingerprint density at radius 1 is 1.37 bits per heavy atom. The molecule has 1 unspecified atom stereocenters. The van der Waals surface area contributed by atoms with Gasteiger partial charge in [-0.2, -0.15) is 0 Å². The molecule has 3 nitrogen and oxygen atoms in total. The molecule has 0 radical (unpaired) electrons. The number of nitrogens with zero attached hydrogens (tertiary/aromatic N) is 1. The molecule has 19 heavy (non-hydrogen) atoms. The van der Waals surface area contributed by atoms with Crippen LogP contribution in [0.25, 0.3) is 0 Å². The van der Waals surface area contributed by atoms with E-state index < -0.39 is 85.3 Å². The molecule has 1 aromatic carbocycles. The van der Waals surface area contributed by atoms with E-state index >= 15 is 0 Å². The number of aliphatic hydroxyl groups is 1. The smallest absolute Gasteiger partial charge is 0.115 e. The second-order valence-corrected chi connectivity index (χ2v) is 3.94. The molecular formula is C16H25NO2. The molecule has 0 bridgehead atoms. The first-order valence-electron chi connectivity index (χ1n) is 13.8. The summed E-state index contributed by atoms with van der Waals surface area (Å²) in [6.45, 7) is -3.61. The number of likely N-dealkylation sites (N-methyl/N-ethyl adjacent to an activating group) is 1. The highest BCUT2D eigenvalue weighted by Gasteiger charge is 2.38. The highest BCUT2D eigenvalue weighted by molar-refractivity contribution is 5.30. The third kappa shape index (κ3) is 3.48. The van der Waals surface area contributed by atoms with Gasteiger partial charge in [-0.3, -0.25) is 0 Å². The largest absolute Gasteiger partial charge is 0.508 e. The van der Waals surface area contributed by atoms with Gasteiger partial charge in [-0.15, -0.1) is 0 Å². The van der Waals surface area contributed by atoms with E-state index in [1.165, 1.54) is 0 Å². The van der Waals surface area contributed by atoms with E-state index in [4.69, 9.17) is 23.3 Å². The topological polar surface area (TPSA) is 43.7 Å². The normalized spacial score (nSPS) is 49.2. The predicted molar refractivity (Wildman–Crippen MR) is 77.4 cm³/mol. The Labute approximate surface area is 139 Å². The van der Waals surface area contributed by atoms with Crippen molar-refractivity contribution in [2.75, 3.05) is 20.6 Å². The van der Waals surface area contributed by atoms with Crippen molar-refractivity contribution in [3.05, 3.63) is 29.7 Å². The average Bonchev–Trinajstić information content (AvgIpc) is 2.73. The Morgan fingerprint density at radius 3 is 2.47 bits per heavy atom. The van der Waals surface area contributed by atoms with E-state index in [0.717, 1.165) is 14.1 Å². The van der Waals surface area contributed by atoms with Gasteiger partial charge in [0.2, 0.25) is 0 Å².